The van der Waals surface area contributed by atoms with Gasteiger partial charge in [0.05, 0.1) is 11.3 Å². The number of aromatic nitrogens is 2. The number of allylic oxidation sites excluding steroid dienone is 3. The number of ether oxygens (including phenoxy) is 1. The monoisotopic (exact) mass is 473 g/mol. The number of rotatable bonds is 9. The normalized spacial score (nSPS) is 11.9. The minimum atomic E-state index is -4.54. The molecule has 0 amide bonds. The van der Waals surface area contributed by atoms with Crippen LogP contribution < -0.4 is 10.1 Å². The average molecular weight is 474 g/mol. The topological polar surface area (TPSA) is 47.0 Å². The van der Waals surface area contributed by atoms with Gasteiger partial charge in [0.25, 0.3) is 0 Å². The number of anilines is 2. The zero-order chi connectivity index (χ0) is 23.8. The summed E-state index contributed by atoms with van der Waals surface area (Å²) in [6, 6.07) is 7.62. The molecule has 0 aliphatic rings. The molecule has 3 rings (SSSR count). The second-order valence-electron chi connectivity index (χ2n) is 7.79. The van der Waals surface area contributed by atoms with E-state index in [0.29, 0.717) is 10.8 Å². The average Bonchev–Trinajstić information content (AvgIpc) is 3.23. The molecule has 4 nitrogen and oxygen atoms in total. The van der Waals surface area contributed by atoms with Gasteiger partial charge in [-0.15, -0.1) is 11.3 Å². The molecule has 0 aliphatic carbocycles. The van der Waals surface area contributed by atoms with Gasteiger partial charge in [-0.1, -0.05) is 17.2 Å². The van der Waals surface area contributed by atoms with Crippen LogP contribution in [0.25, 0.3) is 11.3 Å². The Morgan fingerprint density at radius 1 is 1.15 bits per heavy atom. The van der Waals surface area contributed by atoms with Crippen LogP contribution in [0.5, 0.6) is 5.75 Å². The molecule has 174 valence electrons. The Hall–Kier alpha value is -3.13. The van der Waals surface area contributed by atoms with Gasteiger partial charge in [0.1, 0.15) is 12.4 Å². The van der Waals surface area contributed by atoms with Crippen LogP contribution in [0.4, 0.5) is 24.0 Å². The molecule has 0 saturated carbocycles. The number of hydrogen-bond donors (Lipinski definition) is 1. The Kier molecular flexibility index (Phi) is 8.27. The van der Waals surface area contributed by atoms with Gasteiger partial charge in [0.2, 0.25) is 0 Å². The van der Waals surface area contributed by atoms with E-state index < -0.39 is 11.7 Å². The first kappa shape index (κ1) is 24.5. The molecule has 1 aromatic carbocycles. The summed E-state index contributed by atoms with van der Waals surface area (Å²) in [7, 11) is 0. The highest BCUT2D eigenvalue weighted by atomic mass is 32.1. The molecule has 0 spiro atoms. The third-order valence-corrected chi connectivity index (χ3v) is 5.52. The van der Waals surface area contributed by atoms with Crippen molar-refractivity contribution in [1.29, 1.82) is 0 Å². The summed E-state index contributed by atoms with van der Waals surface area (Å²) in [5.41, 5.74) is 3.33. The summed E-state index contributed by atoms with van der Waals surface area (Å²) in [5.74, 6) is -0.198. The van der Waals surface area contributed by atoms with Crippen LogP contribution in [0.1, 0.15) is 39.2 Å². The van der Waals surface area contributed by atoms with Crippen molar-refractivity contribution in [3.63, 3.8) is 0 Å². The fraction of sp³-hybridized carbons (Fsp3) is 0.280. The number of halogens is 3. The lowest BCUT2D eigenvalue weighted by molar-refractivity contribution is -0.138. The largest absolute Gasteiger partial charge is 0.489 e. The molecule has 2 aromatic heterocycles. The molecule has 0 atom stereocenters. The first-order valence-electron chi connectivity index (χ1n) is 10.5. The van der Waals surface area contributed by atoms with Gasteiger partial charge in [-0.25, -0.2) is 4.98 Å². The van der Waals surface area contributed by atoms with Crippen molar-refractivity contribution >= 4 is 22.2 Å². The second kappa shape index (κ2) is 11.1. The molecule has 33 heavy (non-hydrogen) atoms. The molecule has 1 N–H and O–H groups in total. The molecule has 2 heterocycles. The molecule has 0 bridgehead atoms. The lowest BCUT2D eigenvalue weighted by atomic mass is 10.1. The molecular formula is C25H26F3N3OS. The van der Waals surface area contributed by atoms with E-state index in [1.807, 2.05) is 38.3 Å². The smallest absolute Gasteiger partial charge is 0.420 e. The van der Waals surface area contributed by atoms with Crippen molar-refractivity contribution in [1.82, 2.24) is 9.97 Å². The number of alkyl halides is 3. The van der Waals surface area contributed by atoms with E-state index in [9.17, 15) is 13.2 Å². The van der Waals surface area contributed by atoms with E-state index in [1.54, 1.807) is 24.5 Å². The zero-order valence-corrected chi connectivity index (χ0v) is 19.6. The van der Waals surface area contributed by atoms with Gasteiger partial charge in [-0.05, 0) is 70.0 Å². The lowest BCUT2D eigenvalue weighted by Crippen LogP contribution is -2.09. The van der Waals surface area contributed by atoms with Crippen molar-refractivity contribution < 1.29 is 17.9 Å². The van der Waals surface area contributed by atoms with Gasteiger partial charge in [0.15, 0.2) is 5.13 Å². The maximum Gasteiger partial charge on any atom is 0.420 e. The molecule has 0 fully saturated rings. The van der Waals surface area contributed by atoms with Crippen LogP contribution in [0.2, 0.25) is 0 Å². The number of nitrogens with zero attached hydrogens (tertiary/aromatic N) is 2. The minimum Gasteiger partial charge on any atom is -0.489 e. The van der Waals surface area contributed by atoms with Crippen molar-refractivity contribution in [2.24, 2.45) is 0 Å². The number of benzene rings is 1. The Bertz CT molecular complexity index is 1120. The molecule has 0 aliphatic heterocycles. The standard InChI is InChI=1S/C25H26F3N3OS/c1-17(2)6-4-7-18(3)11-13-32-23-10-9-20(14-21(23)25(26,27)28)30-24-31-22(16-33-24)19-8-5-12-29-15-19/h5-6,8-12,14-16H,4,7,13H2,1-3H3,(H,30,31)/b18-11+. The Morgan fingerprint density at radius 3 is 2.67 bits per heavy atom. The Balaban J connectivity index is 1.69. The second-order valence-corrected chi connectivity index (χ2v) is 8.65. The summed E-state index contributed by atoms with van der Waals surface area (Å²) < 4.78 is 46.5. The quantitative estimate of drug-likeness (QED) is 0.320. The van der Waals surface area contributed by atoms with Gasteiger partial charge in [-0.2, -0.15) is 13.2 Å². The highest BCUT2D eigenvalue weighted by Gasteiger charge is 2.34. The van der Waals surface area contributed by atoms with Crippen molar-refractivity contribution in [3.8, 4) is 17.0 Å². The Labute approximate surface area is 195 Å². The van der Waals surface area contributed by atoms with Gasteiger partial charge >= 0.3 is 6.18 Å². The van der Waals surface area contributed by atoms with Crippen LogP contribution in [0.15, 0.2) is 71.4 Å². The maximum atomic E-state index is 13.7. The summed E-state index contributed by atoms with van der Waals surface area (Å²) in [6.07, 6.45) is 4.51. The molecule has 0 radical (unpaired) electrons. The minimum absolute atomic E-state index is 0.0808. The third-order valence-electron chi connectivity index (χ3n) is 4.76. The maximum absolute atomic E-state index is 13.7. The predicted octanol–water partition coefficient (Wildman–Crippen LogP) is 8.04. The highest BCUT2D eigenvalue weighted by Crippen LogP contribution is 2.39. The summed E-state index contributed by atoms with van der Waals surface area (Å²) >= 11 is 1.31. The summed E-state index contributed by atoms with van der Waals surface area (Å²) in [5, 5.41) is 5.27. The number of pyridine rings is 1. The van der Waals surface area contributed by atoms with Crippen LogP contribution in [0.3, 0.4) is 0 Å². The van der Waals surface area contributed by atoms with Crippen molar-refractivity contribution in [3.05, 3.63) is 77.0 Å². The molecule has 0 unspecified atom stereocenters. The SMILES string of the molecule is CC(C)=CCC/C(C)=C/COc1ccc(Nc2nc(-c3cccnc3)cs2)cc1C(F)(F)F. The van der Waals surface area contributed by atoms with Crippen LogP contribution in [-0.2, 0) is 6.18 Å². The van der Waals surface area contributed by atoms with E-state index in [0.717, 1.165) is 30.0 Å². The van der Waals surface area contributed by atoms with Crippen LogP contribution in [0, 0.1) is 0 Å². The van der Waals surface area contributed by atoms with E-state index in [2.05, 4.69) is 21.4 Å². The van der Waals surface area contributed by atoms with E-state index >= 15 is 0 Å². The summed E-state index contributed by atoms with van der Waals surface area (Å²) in [6.45, 7) is 6.10. The number of hydrogen-bond acceptors (Lipinski definition) is 5. The fourth-order valence-corrected chi connectivity index (χ4v) is 3.76. The predicted molar refractivity (Wildman–Crippen MR) is 128 cm³/mol. The van der Waals surface area contributed by atoms with E-state index in [-0.39, 0.29) is 18.0 Å². The van der Waals surface area contributed by atoms with Crippen molar-refractivity contribution in [2.45, 2.75) is 39.8 Å². The molecule has 0 saturated heterocycles. The molecular weight excluding hydrogens is 447 g/mol. The third kappa shape index (κ3) is 7.46. The first-order valence-corrected chi connectivity index (χ1v) is 11.4. The van der Waals surface area contributed by atoms with Gasteiger partial charge in [0, 0.05) is 29.0 Å². The zero-order valence-electron chi connectivity index (χ0n) is 18.7. The van der Waals surface area contributed by atoms with E-state index in [4.69, 9.17) is 4.74 Å². The van der Waals surface area contributed by atoms with Crippen LogP contribution >= 0.6 is 11.3 Å². The fourth-order valence-electron chi connectivity index (χ4n) is 3.02. The first-order chi connectivity index (χ1) is 15.7. The summed E-state index contributed by atoms with van der Waals surface area (Å²) in [4.78, 5) is 8.50. The lowest BCUT2D eigenvalue weighted by Gasteiger charge is -2.15. The van der Waals surface area contributed by atoms with Crippen molar-refractivity contribution in [2.75, 3.05) is 11.9 Å². The van der Waals surface area contributed by atoms with Crippen LogP contribution in [-0.4, -0.2) is 16.6 Å². The number of thiazole rings is 1. The highest BCUT2D eigenvalue weighted by molar-refractivity contribution is 7.14. The molecule has 8 heteroatoms. The number of nitrogens with one attached hydrogen (secondary N) is 1. The van der Waals surface area contributed by atoms with Gasteiger partial charge in [-0.3, -0.25) is 4.98 Å². The van der Waals surface area contributed by atoms with Gasteiger partial charge < -0.3 is 10.1 Å². The van der Waals surface area contributed by atoms with E-state index in [1.165, 1.54) is 23.0 Å². The Morgan fingerprint density at radius 2 is 1.97 bits per heavy atom. The molecule has 3 aromatic rings.